The fraction of sp³-hybridized carbons (Fsp3) is 0.190. The number of amides is 1. The van der Waals surface area contributed by atoms with E-state index in [1.54, 1.807) is 25.3 Å². The van der Waals surface area contributed by atoms with Gasteiger partial charge in [0.2, 0.25) is 0 Å². The second-order valence-electron chi connectivity index (χ2n) is 6.12. The van der Waals surface area contributed by atoms with Crippen LogP contribution in [0.1, 0.15) is 27.4 Å². The highest BCUT2D eigenvalue weighted by atomic mass is 35.5. The highest BCUT2D eigenvalue weighted by molar-refractivity contribution is 7.83. The van der Waals surface area contributed by atoms with Gasteiger partial charge in [0.15, 0.2) is 5.76 Å². The third kappa shape index (κ3) is 5.47. The maximum atomic E-state index is 12.4. The fourth-order valence-corrected chi connectivity index (χ4v) is 4.08. The molecule has 0 saturated carbocycles. The molecule has 0 saturated heterocycles. The Morgan fingerprint density at radius 2 is 1.93 bits per heavy atom. The van der Waals surface area contributed by atoms with Crippen LogP contribution in [0.4, 0.5) is 0 Å². The normalized spacial score (nSPS) is 11.8. The predicted molar refractivity (Wildman–Crippen MR) is 110 cm³/mol. The molecular formula is C21H20ClNO4S. The molecular weight excluding hydrogens is 398 g/mol. The Balaban J connectivity index is 1.54. The summed E-state index contributed by atoms with van der Waals surface area (Å²) in [6.45, 7) is 0.352. The number of furan rings is 1. The molecule has 0 bridgehead atoms. The molecule has 28 heavy (non-hydrogen) atoms. The first-order chi connectivity index (χ1) is 13.5. The van der Waals surface area contributed by atoms with E-state index in [0.29, 0.717) is 23.1 Å². The number of nitrogens with one attached hydrogen (secondary N) is 1. The monoisotopic (exact) mass is 417 g/mol. The van der Waals surface area contributed by atoms with Crippen molar-refractivity contribution in [2.24, 2.45) is 0 Å². The minimum atomic E-state index is -1.19. The quantitative estimate of drug-likeness (QED) is 0.592. The minimum absolute atomic E-state index is 0.188. The zero-order valence-electron chi connectivity index (χ0n) is 15.3. The van der Waals surface area contributed by atoms with Crippen molar-refractivity contribution in [3.05, 3.63) is 88.3 Å². The minimum Gasteiger partial charge on any atom is -0.497 e. The summed E-state index contributed by atoms with van der Waals surface area (Å²) >= 11 is 6.10. The predicted octanol–water partition coefficient (Wildman–Crippen LogP) is 4.32. The molecule has 1 heterocycles. The average Bonchev–Trinajstić information content (AvgIpc) is 3.16. The highest BCUT2D eigenvalue weighted by Crippen LogP contribution is 2.19. The Kier molecular flexibility index (Phi) is 6.90. The van der Waals surface area contributed by atoms with E-state index in [2.05, 4.69) is 5.32 Å². The highest BCUT2D eigenvalue weighted by Gasteiger charge is 2.14. The Hall–Kier alpha value is -2.57. The van der Waals surface area contributed by atoms with E-state index in [1.165, 1.54) is 0 Å². The van der Waals surface area contributed by atoms with Crippen molar-refractivity contribution >= 4 is 28.3 Å². The van der Waals surface area contributed by atoms with Crippen molar-refractivity contribution < 1.29 is 18.2 Å². The van der Waals surface area contributed by atoms with Crippen LogP contribution in [0.15, 0.2) is 65.1 Å². The van der Waals surface area contributed by atoms with Gasteiger partial charge in [-0.2, -0.15) is 0 Å². The SMILES string of the molecule is COc1cccc(CNC(=O)c2ccc(C[S@](=O)Cc3ccccc3Cl)o2)c1. The van der Waals surface area contributed by atoms with Crippen LogP contribution in [-0.4, -0.2) is 17.2 Å². The van der Waals surface area contributed by atoms with Crippen molar-refractivity contribution in [1.82, 2.24) is 5.32 Å². The van der Waals surface area contributed by atoms with E-state index in [1.807, 2.05) is 42.5 Å². The Morgan fingerprint density at radius 3 is 2.71 bits per heavy atom. The van der Waals surface area contributed by atoms with Crippen LogP contribution in [0.3, 0.4) is 0 Å². The van der Waals surface area contributed by atoms with Gasteiger partial charge in [0.25, 0.3) is 5.91 Å². The smallest absolute Gasteiger partial charge is 0.287 e. The van der Waals surface area contributed by atoms with Gasteiger partial charge in [-0.05, 0) is 41.5 Å². The van der Waals surface area contributed by atoms with Crippen LogP contribution in [0.5, 0.6) is 5.75 Å². The lowest BCUT2D eigenvalue weighted by molar-refractivity contribution is 0.0921. The van der Waals surface area contributed by atoms with Crippen molar-refractivity contribution in [3.63, 3.8) is 0 Å². The van der Waals surface area contributed by atoms with E-state index >= 15 is 0 Å². The van der Waals surface area contributed by atoms with Crippen LogP contribution in [0.2, 0.25) is 5.02 Å². The van der Waals surface area contributed by atoms with Crippen LogP contribution in [0.25, 0.3) is 0 Å². The van der Waals surface area contributed by atoms with Gasteiger partial charge in [0.05, 0.1) is 18.6 Å². The number of methoxy groups -OCH3 is 1. The number of hydrogen-bond acceptors (Lipinski definition) is 4. The molecule has 3 aromatic rings. The van der Waals surface area contributed by atoms with Crippen LogP contribution >= 0.6 is 11.6 Å². The van der Waals surface area contributed by atoms with Crippen molar-refractivity contribution in [3.8, 4) is 5.75 Å². The van der Waals surface area contributed by atoms with Gasteiger partial charge in [-0.3, -0.25) is 9.00 Å². The first-order valence-electron chi connectivity index (χ1n) is 8.63. The van der Waals surface area contributed by atoms with Gasteiger partial charge in [0, 0.05) is 22.4 Å². The summed E-state index contributed by atoms with van der Waals surface area (Å²) in [6.07, 6.45) is 0. The van der Waals surface area contributed by atoms with E-state index in [4.69, 9.17) is 20.8 Å². The average molecular weight is 418 g/mol. The van der Waals surface area contributed by atoms with Crippen molar-refractivity contribution in [1.29, 1.82) is 0 Å². The zero-order chi connectivity index (χ0) is 19.9. The summed E-state index contributed by atoms with van der Waals surface area (Å²) in [5, 5.41) is 3.39. The van der Waals surface area contributed by atoms with E-state index in [-0.39, 0.29) is 17.4 Å². The maximum Gasteiger partial charge on any atom is 0.287 e. The number of ether oxygens (including phenoxy) is 1. The summed E-state index contributed by atoms with van der Waals surface area (Å²) < 4.78 is 23.1. The van der Waals surface area contributed by atoms with Gasteiger partial charge in [-0.1, -0.05) is 41.9 Å². The van der Waals surface area contributed by atoms with Crippen LogP contribution in [0, 0.1) is 0 Å². The molecule has 146 valence electrons. The number of hydrogen-bond donors (Lipinski definition) is 1. The lowest BCUT2D eigenvalue weighted by atomic mass is 10.2. The van der Waals surface area contributed by atoms with Gasteiger partial charge in [0.1, 0.15) is 11.5 Å². The van der Waals surface area contributed by atoms with E-state index in [0.717, 1.165) is 16.9 Å². The molecule has 1 aromatic heterocycles. The molecule has 0 fully saturated rings. The molecule has 0 aliphatic carbocycles. The maximum absolute atomic E-state index is 12.4. The lowest BCUT2D eigenvalue weighted by Gasteiger charge is -2.06. The van der Waals surface area contributed by atoms with Gasteiger partial charge in [-0.15, -0.1) is 0 Å². The standard InChI is InChI=1S/C21H20ClNO4S/c1-26-17-7-4-5-15(11-17)12-23-21(24)20-10-9-18(27-20)14-28(25)13-16-6-2-3-8-19(16)22/h2-11H,12-14H2,1H3,(H,23,24)/t28-/m1/s1. The van der Waals surface area contributed by atoms with Crippen molar-refractivity contribution in [2.45, 2.75) is 18.1 Å². The third-order valence-corrected chi connectivity index (χ3v) is 5.66. The molecule has 5 nitrogen and oxygen atoms in total. The largest absolute Gasteiger partial charge is 0.497 e. The number of halogens is 1. The molecule has 2 aromatic carbocycles. The number of benzene rings is 2. The third-order valence-electron chi connectivity index (χ3n) is 4.05. The van der Waals surface area contributed by atoms with Crippen molar-refractivity contribution in [2.75, 3.05) is 7.11 Å². The summed E-state index contributed by atoms with van der Waals surface area (Å²) in [7, 11) is 0.402. The second-order valence-corrected chi connectivity index (χ2v) is 7.98. The van der Waals surface area contributed by atoms with Crippen LogP contribution in [-0.2, 0) is 28.9 Å². The first kappa shape index (κ1) is 20.2. The first-order valence-corrected chi connectivity index (χ1v) is 10.5. The molecule has 0 aliphatic heterocycles. The topological polar surface area (TPSA) is 68.5 Å². The van der Waals surface area contributed by atoms with Gasteiger partial charge < -0.3 is 14.5 Å². The summed E-state index contributed by atoms with van der Waals surface area (Å²) in [5.74, 6) is 1.63. The van der Waals surface area contributed by atoms with E-state index < -0.39 is 10.8 Å². The molecule has 0 unspecified atom stereocenters. The Labute approximate surface area is 171 Å². The molecule has 0 radical (unpaired) electrons. The zero-order valence-corrected chi connectivity index (χ0v) is 16.9. The Morgan fingerprint density at radius 1 is 1.11 bits per heavy atom. The lowest BCUT2D eigenvalue weighted by Crippen LogP contribution is -2.22. The Bertz CT molecular complexity index is 986. The molecule has 1 N–H and O–H groups in total. The summed E-state index contributed by atoms with van der Waals surface area (Å²) in [4.78, 5) is 12.3. The molecule has 1 atom stereocenters. The summed E-state index contributed by atoms with van der Waals surface area (Å²) in [6, 6.07) is 18.0. The van der Waals surface area contributed by atoms with Gasteiger partial charge in [-0.25, -0.2) is 0 Å². The van der Waals surface area contributed by atoms with Gasteiger partial charge >= 0.3 is 0 Å². The molecule has 7 heteroatoms. The van der Waals surface area contributed by atoms with E-state index in [9.17, 15) is 9.00 Å². The molecule has 0 spiro atoms. The van der Waals surface area contributed by atoms with Crippen LogP contribution < -0.4 is 10.1 Å². The number of carbonyl (C=O) groups excluding carboxylic acids is 1. The molecule has 3 rings (SSSR count). The number of rotatable bonds is 8. The molecule has 1 amide bonds. The second kappa shape index (κ2) is 9.57. The fourth-order valence-electron chi connectivity index (χ4n) is 2.63. The number of carbonyl (C=O) groups is 1. The molecule has 0 aliphatic rings. The summed E-state index contributed by atoms with van der Waals surface area (Å²) in [5.41, 5.74) is 1.74.